The van der Waals surface area contributed by atoms with Gasteiger partial charge in [-0.1, -0.05) is 6.07 Å². The van der Waals surface area contributed by atoms with Crippen LogP contribution in [0.15, 0.2) is 18.2 Å². The van der Waals surface area contributed by atoms with Gasteiger partial charge in [-0.25, -0.2) is 9.59 Å². The molecule has 7 nitrogen and oxygen atoms in total. The van der Waals surface area contributed by atoms with Gasteiger partial charge in [-0.05, 0) is 12.1 Å². The van der Waals surface area contributed by atoms with Crippen molar-refractivity contribution in [2.45, 2.75) is 0 Å². The molecule has 7 heteroatoms. The molecule has 15 heavy (non-hydrogen) atoms. The number of para-hydroxylation sites is 1. The third-order valence-corrected chi connectivity index (χ3v) is 1.36. The Morgan fingerprint density at radius 3 is 1.73 bits per heavy atom. The summed E-state index contributed by atoms with van der Waals surface area (Å²) in [7, 11) is 0. The fourth-order valence-electron chi connectivity index (χ4n) is 0.855. The summed E-state index contributed by atoms with van der Waals surface area (Å²) in [5, 5.41) is 25.9. The Morgan fingerprint density at radius 2 is 1.40 bits per heavy atom. The fraction of sp³-hybridized carbons (Fsp3) is 0. The van der Waals surface area contributed by atoms with E-state index in [4.69, 9.17) is 10.2 Å². The number of carboxylic acid groups (broad SMARTS) is 2. The van der Waals surface area contributed by atoms with Crippen LogP contribution >= 0.6 is 0 Å². The topological polar surface area (TPSA) is 113 Å². The Bertz CT molecular complexity index is 364. The first-order chi connectivity index (χ1) is 7.00. The molecule has 1 aromatic rings. The van der Waals surface area contributed by atoms with E-state index in [0.717, 1.165) is 12.1 Å². The first kappa shape index (κ1) is 10.6. The summed E-state index contributed by atoms with van der Waals surface area (Å²) in [5.74, 6) is -1.50. The smallest absolute Gasteiger partial charge is 0.502 e. The average Bonchev–Trinajstić information content (AvgIpc) is 2.10. The van der Waals surface area contributed by atoms with Crippen molar-refractivity contribution in [3.05, 3.63) is 18.2 Å². The zero-order valence-electron chi connectivity index (χ0n) is 7.21. The van der Waals surface area contributed by atoms with Gasteiger partial charge in [-0.3, -0.25) is 0 Å². The molecule has 1 aromatic carbocycles. The molecule has 0 bridgehead atoms. The summed E-state index contributed by atoms with van der Waals surface area (Å²) in [6.45, 7) is 0. The van der Waals surface area contributed by atoms with Crippen molar-refractivity contribution in [2.75, 3.05) is 0 Å². The Morgan fingerprint density at radius 1 is 1.00 bits per heavy atom. The molecule has 80 valence electrons. The SMILES string of the molecule is O=C(O)Oc1cccc(OC(=O)O)c1O. The van der Waals surface area contributed by atoms with Crippen LogP contribution in [0.1, 0.15) is 0 Å². The summed E-state index contributed by atoms with van der Waals surface area (Å²) in [6, 6.07) is 3.58. The molecule has 0 aliphatic rings. The van der Waals surface area contributed by atoms with E-state index in [9.17, 15) is 14.7 Å². The van der Waals surface area contributed by atoms with Crippen molar-refractivity contribution < 1.29 is 34.4 Å². The lowest BCUT2D eigenvalue weighted by atomic mass is 10.3. The van der Waals surface area contributed by atoms with Crippen LogP contribution in [0.2, 0.25) is 0 Å². The van der Waals surface area contributed by atoms with Crippen LogP contribution < -0.4 is 9.47 Å². The van der Waals surface area contributed by atoms with Gasteiger partial charge in [0.2, 0.25) is 5.75 Å². The highest BCUT2D eigenvalue weighted by Gasteiger charge is 2.14. The minimum Gasteiger partial charge on any atom is -0.502 e. The Kier molecular flexibility index (Phi) is 2.97. The van der Waals surface area contributed by atoms with E-state index < -0.39 is 29.6 Å². The maximum Gasteiger partial charge on any atom is 0.511 e. The summed E-state index contributed by atoms with van der Waals surface area (Å²) in [4.78, 5) is 20.3. The number of ether oxygens (including phenoxy) is 2. The molecule has 0 aliphatic carbocycles. The maximum absolute atomic E-state index is 10.2. The Labute approximate surface area is 83.1 Å². The van der Waals surface area contributed by atoms with E-state index in [-0.39, 0.29) is 0 Å². The van der Waals surface area contributed by atoms with Gasteiger partial charge in [-0.2, -0.15) is 0 Å². The third-order valence-electron chi connectivity index (χ3n) is 1.36. The summed E-state index contributed by atoms with van der Waals surface area (Å²) < 4.78 is 8.32. The van der Waals surface area contributed by atoms with Gasteiger partial charge in [0.1, 0.15) is 0 Å². The van der Waals surface area contributed by atoms with Crippen molar-refractivity contribution in [2.24, 2.45) is 0 Å². The zero-order chi connectivity index (χ0) is 11.4. The average molecular weight is 214 g/mol. The molecular formula is C8H6O7. The number of phenols is 1. The summed E-state index contributed by atoms with van der Waals surface area (Å²) >= 11 is 0. The van der Waals surface area contributed by atoms with Crippen molar-refractivity contribution in [1.82, 2.24) is 0 Å². The number of hydrogen-bond acceptors (Lipinski definition) is 5. The molecule has 0 heterocycles. The molecule has 0 unspecified atom stereocenters. The highest BCUT2D eigenvalue weighted by molar-refractivity contribution is 5.67. The highest BCUT2D eigenvalue weighted by Crippen LogP contribution is 2.35. The lowest BCUT2D eigenvalue weighted by Crippen LogP contribution is -2.06. The fourth-order valence-corrected chi connectivity index (χ4v) is 0.855. The van der Waals surface area contributed by atoms with Crippen LogP contribution in [0.25, 0.3) is 0 Å². The second kappa shape index (κ2) is 4.18. The van der Waals surface area contributed by atoms with E-state index in [1.54, 1.807) is 0 Å². The molecule has 3 N–H and O–H groups in total. The van der Waals surface area contributed by atoms with Crippen LogP contribution in [-0.4, -0.2) is 27.6 Å². The van der Waals surface area contributed by atoms with Crippen molar-refractivity contribution in [3.63, 3.8) is 0 Å². The molecule has 0 radical (unpaired) electrons. The van der Waals surface area contributed by atoms with Gasteiger partial charge >= 0.3 is 12.3 Å². The quantitative estimate of drug-likeness (QED) is 0.504. The molecule has 1 rings (SSSR count). The van der Waals surface area contributed by atoms with Crippen LogP contribution in [-0.2, 0) is 0 Å². The molecule has 0 atom stereocenters. The van der Waals surface area contributed by atoms with E-state index in [2.05, 4.69) is 9.47 Å². The van der Waals surface area contributed by atoms with Gasteiger partial charge in [0, 0.05) is 0 Å². The third kappa shape index (κ3) is 2.76. The van der Waals surface area contributed by atoms with Crippen molar-refractivity contribution in [1.29, 1.82) is 0 Å². The predicted octanol–water partition coefficient (Wildman–Crippen LogP) is 1.51. The molecule has 0 aliphatic heterocycles. The first-order valence-corrected chi connectivity index (χ1v) is 3.64. The van der Waals surface area contributed by atoms with Gasteiger partial charge in [0.05, 0.1) is 0 Å². The molecule has 0 spiro atoms. The molecule has 0 aromatic heterocycles. The van der Waals surface area contributed by atoms with E-state index in [1.165, 1.54) is 6.07 Å². The van der Waals surface area contributed by atoms with Gasteiger partial charge in [0.15, 0.2) is 11.5 Å². The lowest BCUT2D eigenvalue weighted by molar-refractivity contribution is 0.140. The normalized spacial score (nSPS) is 9.33. The number of carbonyl (C=O) groups is 2. The van der Waals surface area contributed by atoms with E-state index in [1.807, 2.05) is 0 Å². The van der Waals surface area contributed by atoms with Crippen LogP contribution in [0.4, 0.5) is 9.59 Å². The van der Waals surface area contributed by atoms with Gasteiger partial charge < -0.3 is 24.8 Å². The minimum atomic E-state index is -1.63. The lowest BCUT2D eigenvalue weighted by Gasteiger charge is -2.06. The number of rotatable bonds is 2. The van der Waals surface area contributed by atoms with Gasteiger partial charge in [0.25, 0.3) is 0 Å². The largest absolute Gasteiger partial charge is 0.511 e. The Balaban J connectivity index is 2.99. The van der Waals surface area contributed by atoms with Crippen LogP contribution in [0, 0.1) is 0 Å². The zero-order valence-corrected chi connectivity index (χ0v) is 7.21. The van der Waals surface area contributed by atoms with E-state index in [0.29, 0.717) is 0 Å². The monoisotopic (exact) mass is 214 g/mol. The number of hydrogen-bond donors (Lipinski definition) is 3. The molecular weight excluding hydrogens is 208 g/mol. The standard InChI is InChI=1S/C8H6O7/c9-6-4(14-7(10)11)2-1-3-5(6)15-8(12)13/h1-3,9H,(H,10,11)(H,12,13). The van der Waals surface area contributed by atoms with Crippen LogP contribution in [0.3, 0.4) is 0 Å². The number of aromatic hydroxyl groups is 1. The first-order valence-electron chi connectivity index (χ1n) is 3.64. The molecule has 0 saturated carbocycles. The number of benzene rings is 1. The molecule has 0 fully saturated rings. The van der Waals surface area contributed by atoms with E-state index >= 15 is 0 Å². The maximum atomic E-state index is 10.2. The summed E-state index contributed by atoms with van der Waals surface area (Å²) in [6.07, 6.45) is -3.25. The van der Waals surface area contributed by atoms with Gasteiger partial charge in [-0.15, -0.1) is 0 Å². The van der Waals surface area contributed by atoms with Crippen molar-refractivity contribution in [3.8, 4) is 17.2 Å². The van der Waals surface area contributed by atoms with Crippen molar-refractivity contribution >= 4 is 12.3 Å². The Hall–Kier alpha value is -2.44. The second-order valence-electron chi connectivity index (χ2n) is 2.34. The van der Waals surface area contributed by atoms with Crippen LogP contribution in [0.5, 0.6) is 17.2 Å². The molecule has 0 saturated heterocycles. The minimum absolute atomic E-state index is 0.402. The number of phenolic OH excluding ortho intramolecular Hbond substituents is 1. The summed E-state index contributed by atoms with van der Waals surface area (Å²) in [5.41, 5.74) is 0. The second-order valence-corrected chi connectivity index (χ2v) is 2.34. The molecule has 0 amide bonds. The predicted molar refractivity (Wildman–Crippen MR) is 45.4 cm³/mol. The highest BCUT2D eigenvalue weighted by atomic mass is 16.7.